The van der Waals surface area contributed by atoms with Crippen LogP contribution in [0.1, 0.15) is 6.92 Å². The summed E-state index contributed by atoms with van der Waals surface area (Å²) < 4.78 is 3.17. The predicted octanol–water partition coefficient (Wildman–Crippen LogP) is 2.45. The molecule has 6 nitrogen and oxygen atoms in total. The van der Waals surface area contributed by atoms with Crippen molar-refractivity contribution in [3.05, 3.63) is 34.3 Å². The lowest BCUT2D eigenvalue weighted by molar-refractivity contribution is -0.136. The van der Waals surface area contributed by atoms with E-state index in [1.54, 1.807) is 21.4 Å². The van der Waals surface area contributed by atoms with E-state index in [4.69, 9.17) is 12.2 Å². The first-order valence-electron chi connectivity index (χ1n) is 7.86. The Labute approximate surface area is 159 Å². The summed E-state index contributed by atoms with van der Waals surface area (Å²) in [5.41, 5.74) is 0.919. The molecule has 3 rings (SSSR count). The number of amides is 2. The number of thioether (sulfide) groups is 1. The fraction of sp³-hybridized carbons (Fsp3) is 0.375. The van der Waals surface area contributed by atoms with Gasteiger partial charge in [0.15, 0.2) is 8.29 Å². The summed E-state index contributed by atoms with van der Waals surface area (Å²) in [5, 5.41) is 4.50. The number of piperazine rings is 1. The zero-order valence-electron chi connectivity index (χ0n) is 13.8. The Morgan fingerprint density at radius 3 is 2.44 bits per heavy atom. The van der Waals surface area contributed by atoms with Crippen molar-refractivity contribution in [2.24, 2.45) is 0 Å². The smallest absolute Gasteiger partial charge is 0.233 e. The molecule has 2 aromatic rings. The van der Waals surface area contributed by atoms with Gasteiger partial charge in [-0.25, -0.2) is 4.68 Å². The monoisotopic (exact) mass is 394 g/mol. The summed E-state index contributed by atoms with van der Waals surface area (Å²) >= 11 is 8.19. The van der Waals surface area contributed by atoms with E-state index in [1.165, 1.54) is 23.1 Å². The normalized spacial score (nSPS) is 14.6. The van der Waals surface area contributed by atoms with Crippen LogP contribution in [0.25, 0.3) is 5.69 Å². The van der Waals surface area contributed by atoms with Crippen LogP contribution in [-0.4, -0.2) is 63.3 Å². The van der Waals surface area contributed by atoms with Gasteiger partial charge in [0.05, 0.1) is 11.4 Å². The molecule has 9 heteroatoms. The molecule has 2 amide bonds. The Morgan fingerprint density at radius 2 is 1.80 bits per heavy atom. The van der Waals surface area contributed by atoms with E-state index in [0.29, 0.717) is 35.9 Å². The van der Waals surface area contributed by atoms with E-state index < -0.39 is 0 Å². The largest absolute Gasteiger partial charge is 0.339 e. The van der Waals surface area contributed by atoms with Crippen LogP contribution in [0.4, 0.5) is 0 Å². The van der Waals surface area contributed by atoms with E-state index >= 15 is 0 Å². The first kappa shape index (κ1) is 18.1. The molecule has 1 fully saturated rings. The van der Waals surface area contributed by atoms with Crippen molar-refractivity contribution in [3.63, 3.8) is 0 Å². The van der Waals surface area contributed by atoms with Crippen LogP contribution >= 0.6 is 35.3 Å². The second-order valence-electron chi connectivity index (χ2n) is 5.56. The van der Waals surface area contributed by atoms with Crippen LogP contribution in [0, 0.1) is 3.95 Å². The molecule has 1 saturated heterocycles. The average molecular weight is 395 g/mol. The summed E-state index contributed by atoms with van der Waals surface area (Å²) in [4.78, 5) is 27.3. The summed E-state index contributed by atoms with van der Waals surface area (Å²) in [7, 11) is 0. The van der Waals surface area contributed by atoms with Crippen molar-refractivity contribution in [1.82, 2.24) is 19.6 Å². The maximum Gasteiger partial charge on any atom is 0.233 e. The van der Waals surface area contributed by atoms with Gasteiger partial charge in [0, 0.05) is 33.1 Å². The molecule has 1 aliphatic rings. The molecule has 132 valence electrons. The number of para-hydroxylation sites is 1. The summed E-state index contributed by atoms with van der Waals surface area (Å²) in [5.74, 6) is 0.463. The molecule has 0 radical (unpaired) electrons. The van der Waals surface area contributed by atoms with Crippen LogP contribution in [0.5, 0.6) is 0 Å². The molecular weight excluding hydrogens is 376 g/mol. The molecule has 0 aliphatic carbocycles. The summed E-state index contributed by atoms with van der Waals surface area (Å²) in [6.07, 6.45) is 0. The van der Waals surface area contributed by atoms with E-state index in [-0.39, 0.29) is 11.8 Å². The number of aromatic nitrogens is 2. The van der Waals surface area contributed by atoms with Crippen molar-refractivity contribution in [1.29, 1.82) is 0 Å². The molecule has 0 atom stereocenters. The minimum atomic E-state index is 0.0627. The maximum absolute atomic E-state index is 12.4. The number of carbonyl (C=O) groups is 2. The van der Waals surface area contributed by atoms with Crippen molar-refractivity contribution in [2.75, 3.05) is 31.9 Å². The SMILES string of the molecule is CC(=O)N1CCN(C(=O)CSc2nn(-c3ccccc3)c(=S)s2)CC1. The highest BCUT2D eigenvalue weighted by molar-refractivity contribution is 8.01. The molecule has 0 bridgehead atoms. The number of nitrogens with zero attached hydrogens (tertiary/aromatic N) is 4. The number of rotatable bonds is 4. The zero-order chi connectivity index (χ0) is 17.8. The van der Waals surface area contributed by atoms with E-state index in [0.717, 1.165) is 10.0 Å². The third-order valence-electron chi connectivity index (χ3n) is 3.93. The Hall–Kier alpha value is -1.71. The molecule has 25 heavy (non-hydrogen) atoms. The molecule has 1 aromatic heterocycles. The maximum atomic E-state index is 12.4. The third-order valence-corrected chi connectivity index (χ3v) is 6.28. The van der Waals surface area contributed by atoms with Crippen LogP contribution in [0.2, 0.25) is 0 Å². The lowest BCUT2D eigenvalue weighted by Gasteiger charge is -2.34. The molecule has 0 N–H and O–H groups in total. The molecule has 0 spiro atoms. The summed E-state index contributed by atoms with van der Waals surface area (Å²) in [6.45, 7) is 3.95. The minimum Gasteiger partial charge on any atom is -0.339 e. The van der Waals surface area contributed by atoms with Gasteiger partial charge in [-0.2, -0.15) is 0 Å². The quantitative estimate of drug-likeness (QED) is 0.589. The molecule has 1 aromatic carbocycles. The Kier molecular flexibility index (Phi) is 5.87. The third kappa shape index (κ3) is 4.47. The van der Waals surface area contributed by atoms with Crippen LogP contribution in [0.3, 0.4) is 0 Å². The average Bonchev–Trinajstić information content (AvgIpc) is 3.01. The molecule has 1 aliphatic heterocycles. The van der Waals surface area contributed by atoms with Crippen LogP contribution in [0.15, 0.2) is 34.7 Å². The van der Waals surface area contributed by atoms with Crippen LogP contribution < -0.4 is 0 Å². The van der Waals surface area contributed by atoms with Gasteiger partial charge in [0.1, 0.15) is 0 Å². The van der Waals surface area contributed by atoms with Crippen molar-refractivity contribution in [3.8, 4) is 5.69 Å². The zero-order valence-corrected chi connectivity index (χ0v) is 16.2. The Bertz CT molecular complexity index is 810. The van der Waals surface area contributed by atoms with Gasteiger partial charge >= 0.3 is 0 Å². The Balaban J connectivity index is 1.57. The van der Waals surface area contributed by atoms with E-state index in [2.05, 4.69) is 5.10 Å². The van der Waals surface area contributed by atoms with E-state index in [1.807, 2.05) is 30.3 Å². The van der Waals surface area contributed by atoms with Gasteiger partial charge < -0.3 is 9.80 Å². The van der Waals surface area contributed by atoms with Gasteiger partial charge in [0.2, 0.25) is 11.8 Å². The predicted molar refractivity (Wildman–Crippen MR) is 102 cm³/mol. The van der Waals surface area contributed by atoms with Crippen molar-refractivity contribution in [2.45, 2.75) is 11.3 Å². The van der Waals surface area contributed by atoms with Gasteiger partial charge in [-0.3, -0.25) is 9.59 Å². The van der Waals surface area contributed by atoms with Gasteiger partial charge in [-0.15, -0.1) is 5.10 Å². The van der Waals surface area contributed by atoms with Gasteiger partial charge in [-0.1, -0.05) is 41.3 Å². The van der Waals surface area contributed by atoms with Gasteiger partial charge in [0.25, 0.3) is 0 Å². The highest BCUT2D eigenvalue weighted by Crippen LogP contribution is 2.24. The van der Waals surface area contributed by atoms with Crippen LogP contribution in [-0.2, 0) is 9.59 Å². The summed E-state index contributed by atoms with van der Waals surface area (Å²) in [6, 6.07) is 9.72. The topological polar surface area (TPSA) is 58.4 Å². The lowest BCUT2D eigenvalue weighted by atomic mass is 10.3. The molecule has 0 unspecified atom stereocenters. The fourth-order valence-corrected chi connectivity index (χ4v) is 4.80. The first-order chi connectivity index (χ1) is 12.0. The highest BCUT2D eigenvalue weighted by Gasteiger charge is 2.22. The molecule has 2 heterocycles. The standard InChI is InChI=1S/C16H18N4O2S3/c1-12(21)18-7-9-19(10-8-18)14(22)11-24-15-17-20(16(23)25-15)13-5-3-2-4-6-13/h2-6H,7-11H2,1H3. The molecule has 0 saturated carbocycles. The van der Waals surface area contributed by atoms with Gasteiger partial charge in [-0.05, 0) is 24.4 Å². The second kappa shape index (κ2) is 8.11. The Morgan fingerprint density at radius 1 is 1.16 bits per heavy atom. The van der Waals surface area contributed by atoms with E-state index in [9.17, 15) is 9.59 Å². The molecular formula is C16H18N4O2S3. The number of hydrogen-bond acceptors (Lipinski definition) is 6. The highest BCUT2D eigenvalue weighted by atomic mass is 32.2. The van der Waals surface area contributed by atoms with Crippen molar-refractivity contribution >= 4 is 47.1 Å². The second-order valence-corrected chi connectivity index (χ2v) is 8.40. The fourth-order valence-electron chi connectivity index (χ4n) is 2.54. The number of carbonyl (C=O) groups excluding carboxylic acids is 2. The minimum absolute atomic E-state index is 0.0627. The number of hydrogen-bond donors (Lipinski definition) is 0. The van der Waals surface area contributed by atoms with Crippen molar-refractivity contribution < 1.29 is 9.59 Å². The lowest BCUT2D eigenvalue weighted by Crippen LogP contribution is -2.50. The first-order valence-corrected chi connectivity index (χ1v) is 10.1. The number of benzene rings is 1.